The van der Waals surface area contributed by atoms with Gasteiger partial charge in [-0.15, -0.1) is 11.8 Å². The SMILES string of the molecule is CS/C(=N\C(C)SCc1[nH]cnc1C)NC#N. The van der Waals surface area contributed by atoms with Gasteiger partial charge in [0.2, 0.25) is 0 Å². The number of H-pyrrole nitrogens is 1. The van der Waals surface area contributed by atoms with Crippen molar-refractivity contribution >= 4 is 28.7 Å². The molecular weight excluding hydrogens is 254 g/mol. The van der Waals surface area contributed by atoms with Gasteiger partial charge in [-0.25, -0.2) is 9.98 Å². The van der Waals surface area contributed by atoms with Crippen LogP contribution in [0.15, 0.2) is 11.3 Å². The molecule has 0 bridgehead atoms. The average Bonchev–Trinajstić information content (AvgIpc) is 2.71. The maximum absolute atomic E-state index is 8.52. The molecule has 92 valence electrons. The summed E-state index contributed by atoms with van der Waals surface area (Å²) in [5, 5.41) is 11.8. The number of thioether (sulfide) groups is 2. The topological polar surface area (TPSA) is 76.9 Å². The normalized spacial score (nSPS) is 13.2. The van der Waals surface area contributed by atoms with Gasteiger partial charge in [-0.2, -0.15) is 5.26 Å². The minimum atomic E-state index is 0.0981. The van der Waals surface area contributed by atoms with Crippen LogP contribution in [-0.2, 0) is 5.75 Å². The van der Waals surface area contributed by atoms with E-state index in [1.165, 1.54) is 11.8 Å². The highest BCUT2D eigenvalue weighted by molar-refractivity contribution is 8.13. The van der Waals surface area contributed by atoms with Crippen molar-refractivity contribution in [3.05, 3.63) is 17.7 Å². The Bertz CT molecular complexity index is 421. The van der Waals surface area contributed by atoms with E-state index in [2.05, 4.69) is 20.3 Å². The van der Waals surface area contributed by atoms with Gasteiger partial charge in [0, 0.05) is 11.4 Å². The van der Waals surface area contributed by atoms with Crippen LogP contribution in [0.25, 0.3) is 0 Å². The first kappa shape index (κ1) is 13.9. The molecule has 5 nitrogen and oxygen atoms in total. The Balaban J connectivity index is 2.47. The van der Waals surface area contributed by atoms with Gasteiger partial charge in [-0.3, -0.25) is 5.32 Å². The van der Waals surface area contributed by atoms with E-state index in [9.17, 15) is 0 Å². The van der Waals surface area contributed by atoms with Crippen LogP contribution in [0.2, 0.25) is 0 Å². The van der Waals surface area contributed by atoms with Crippen LogP contribution in [0.5, 0.6) is 0 Å². The van der Waals surface area contributed by atoms with Crippen LogP contribution >= 0.6 is 23.5 Å². The molecule has 0 saturated heterocycles. The Morgan fingerprint density at radius 2 is 2.53 bits per heavy atom. The van der Waals surface area contributed by atoms with Crippen LogP contribution < -0.4 is 5.32 Å². The lowest BCUT2D eigenvalue weighted by molar-refractivity contribution is 1.03. The molecule has 7 heteroatoms. The van der Waals surface area contributed by atoms with Crippen molar-refractivity contribution in [3.8, 4) is 6.19 Å². The summed E-state index contributed by atoms with van der Waals surface area (Å²) in [4.78, 5) is 11.6. The Morgan fingerprint density at radius 3 is 3.06 bits per heavy atom. The average molecular weight is 269 g/mol. The third-order valence-electron chi connectivity index (χ3n) is 2.06. The number of aryl methyl sites for hydroxylation is 1. The highest BCUT2D eigenvalue weighted by Crippen LogP contribution is 2.19. The molecule has 0 spiro atoms. The van der Waals surface area contributed by atoms with Crippen LogP contribution in [0.1, 0.15) is 18.3 Å². The Kier molecular flexibility index (Phi) is 5.94. The van der Waals surface area contributed by atoms with Crippen molar-refractivity contribution in [2.75, 3.05) is 6.26 Å². The molecule has 1 unspecified atom stereocenters. The first-order chi connectivity index (χ1) is 8.17. The van der Waals surface area contributed by atoms with Gasteiger partial charge >= 0.3 is 0 Å². The summed E-state index contributed by atoms with van der Waals surface area (Å²) in [7, 11) is 0. The highest BCUT2D eigenvalue weighted by Gasteiger charge is 2.06. The maximum atomic E-state index is 8.52. The lowest BCUT2D eigenvalue weighted by Crippen LogP contribution is -2.15. The van der Waals surface area contributed by atoms with E-state index in [1.54, 1.807) is 18.1 Å². The van der Waals surface area contributed by atoms with E-state index in [0.29, 0.717) is 5.17 Å². The monoisotopic (exact) mass is 269 g/mol. The molecule has 1 atom stereocenters. The van der Waals surface area contributed by atoms with Gasteiger partial charge in [-0.1, -0.05) is 11.8 Å². The summed E-state index contributed by atoms with van der Waals surface area (Å²) in [6.07, 6.45) is 5.46. The first-order valence-electron chi connectivity index (χ1n) is 5.04. The molecule has 0 saturated carbocycles. The molecule has 0 aliphatic carbocycles. The van der Waals surface area contributed by atoms with Gasteiger partial charge in [-0.05, 0) is 20.1 Å². The molecule has 0 fully saturated rings. The zero-order chi connectivity index (χ0) is 12.7. The largest absolute Gasteiger partial charge is 0.348 e. The maximum Gasteiger partial charge on any atom is 0.183 e. The lowest BCUT2D eigenvalue weighted by atomic mass is 10.4. The fourth-order valence-electron chi connectivity index (χ4n) is 1.13. The Hall–Kier alpha value is -1.13. The zero-order valence-electron chi connectivity index (χ0n) is 10.0. The number of rotatable bonds is 4. The van der Waals surface area contributed by atoms with Gasteiger partial charge in [0.05, 0.1) is 17.4 Å². The number of nitrogens with one attached hydrogen (secondary N) is 2. The van der Waals surface area contributed by atoms with Crippen molar-refractivity contribution in [1.29, 1.82) is 5.26 Å². The number of hydrogen-bond donors (Lipinski definition) is 2. The molecule has 1 heterocycles. The molecule has 1 rings (SSSR count). The number of imidazole rings is 1. The third-order valence-corrected chi connectivity index (χ3v) is 3.70. The second-order valence-corrected chi connectivity index (χ2v) is 5.35. The molecule has 0 radical (unpaired) electrons. The van der Waals surface area contributed by atoms with Crippen molar-refractivity contribution in [2.45, 2.75) is 25.0 Å². The van der Waals surface area contributed by atoms with E-state index < -0.39 is 0 Å². The van der Waals surface area contributed by atoms with E-state index in [4.69, 9.17) is 5.26 Å². The number of aliphatic imine (C=N–C) groups is 1. The molecule has 1 aromatic heterocycles. The van der Waals surface area contributed by atoms with Crippen LogP contribution in [-0.4, -0.2) is 26.8 Å². The fourth-order valence-corrected chi connectivity index (χ4v) is 2.48. The van der Waals surface area contributed by atoms with E-state index in [1.807, 2.05) is 26.3 Å². The first-order valence-corrected chi connectivity index (χ1v) is 7.32. The molecule has 0 aliphatic rings. The van der Waals surface area contributed by atoms with Gasteiger partial charge in [0.15, 0.2) is 11.4 Å². The lowest BCUT2D eigenvalue weighted by Gasteiger charge is -2.07. The zero-order valence-corrected chi connectivity index (χ0v) is 11.7. The summed E-state index contributed by atoms with van der Waals surface area (Å²) in [6, 6.07) is 0. The molecule has 1 aromatic rings. The quantitative estimate of drug-likeness (QED) is 0.379. The van der Waals surface area contributed by atoms with Crippen LogP contribution in [0, 0.1) is 18.4 Å². The van der Waals surface area contributed by atoms with Gasteiger partial charge < -0.3 is 4.98 Å². The second-order valence-electron chi connectivity index (χ2n) is 3.25. The minimum absolute atomic E-state index is 0.0981. The Morgan fingerprint density at radius 1 is 1.76 bits per heavy atom. The predicted octanol–water partition coefficient (Wildman–Crippen LogP) is 2.09. The standard InChI is InChI=1S/C10H15N5S2/c1-7-9(14-6-13-7)4-17-8(2)15-10(16-3)12-5-11/h6,8H,4H2,1-3H3,(H,12,15)(H,13,14). The molecule has 0 amide bonds. The molecular formula is C10H15N5S2. The summed E-state index contributed by atoms with van der Waals surface area (Å²) in [6.45, 7) is 3.98. The Labute approximate surface area is 109 Å². The predicted molar refractivity (Wildman–Crippen MR) is 73.8 cm³/mol. The van der Waals surface area contributed by atoms with Gasteiger partial charge in [0.25, 0.3) is 0 Å². The molecule has 17 heavy (non-hydrogen) atoms. The summed E-state index contributed by atoms with van der Waals surface area (Å²) >= 11 is 3.13. The summed E-state index contributed by atoms with van der Waals surface area (Å²) in [5.74, 6) is 0.838. The van der Waals surface area contributed by atoms with E-state index >= 15 is 0 Å². The summed E-state index contributed by atoms with van der Waals surface area (Å²) in [5.41, 5.74) is 2.14. The molecule has 0 aliphatic heterocycles. The second kappa shape index (κ2) is 7.25. The number of hydrogen-bond acceptors (Lipinski definition) is 5. The third kappa shape index (κ3) is 4.71. The summed E-state index contributed by atoms with van der Waals surface area (Å²) < 4.78 is 0. The van der Waals surface area contributed by atoms with Crippen molar-refractivity contribution in [1.82, 2.24) is 15.3 Å². The molecule has 0 aromatic carbocycles. The fraction of sp³-hybridized carbons (Fsp3) is 0.500. The number of aromatic amines is 1. The van der Waals surface area contributed by atoms with Crippen molar-refractivity contribution in [2.24, 2.45) is 4.99 Å². The number of aromatic nitrogens is 2. The van der Waals surface area contributed by atoms with Gasteiger partial charge in [0.1, 0.15) is 0 Å². The van der Waals surface area contributed by atoms with Crippen LogP contribution in [0.3, 0.4) is 0 Å². The smallest absolute Gasteiger partial charge is 0.183 e. The van der Waals surface area contributed by atoms with Crippen molar-refractivity contribution < 1.29 is 0 Å². The van der Waals surface area contributed by atoms with E-state index in [-0.39, 0.29) is 5.37 Å². The van der Waals surface area contributed by atoms with Crippen molar-refractivity contribution in [3.63, 3.8) is 0 Å². The van der Waals surface area contributed by atoms with E-state index in [0.717, 1.165) is 17.1 Å². The van der Waals surface area contributed by atoms with Crippen LogP contribution in [0.4, 0.5) is 0 Å². The number of nitrogens with zero attached hydrogens (tertiary/aromatic N) is 3. The number of nitriles is 1. The number of amidine groups is 1. The highest BCUT2D eigenvalue weighted by atomic mass is 32.2. The molecule has 2 N–H and O–H groups in total. The minimum Gasteiger partial charge on any atom is -0.348 e.